The molecule has 0 radical (unpaired) electrons. The second-order valence-corrected chi connectivity index (χ2v) is 5.30. The SMILES string of the molecule is O=C1NC(c2cc(Cl)ccc2O)N2CCCCC12. The zero-order chi connectivity index (χ0) is 12.7. The number of nitrogens with one attached hydrogen (secondary N) is 1. The normalized spacial score (nSPS) is 27.9. The lowest BCUT2D eigenvalue weighted by atomic mass is 10.0. The molecule has 2 heterocycles. The van der Waals surface area contributed by atoms with E-state index >= 15 is 0 Å². The van der Waals surface area contributed by atoms with Gasteiger partial charge in [0, 0.05) is 17.1 Å². The van der Waals surface area contributed by atoms with Crippen LogP contribution in [0.2, 0.25) is 5.02 Å². The highest BCUT2D eigenvalue weighted by atomic mass is 35.5. The van der Waals surface area contributed by atoms with Gasteiger partial charge in [0.1, 0.15) is 11.9 Å². The van der Waals surface area contributed by atoms with Gasteiger partial charge in [0.15, 0.2) is 0 Å². The molecule has 2 saturated heterocycles. The smallest absolute Gasteiger partial charge is 0.238 e. The lowest BCUT2D eigenvalue weighted by Crippen LogP contribution is -2.38. The molecule has 0 aliphatic carbocycles. The molecule has 2 atom stereocenters. The lowest BCUT2D eigenvalue weighted by Gasteiger charge is -2.31. The number of aromatic hydroxyl groups is 1. The average Bonchev–Trinajstić information content (AvgIpc) is 2.71. The number of hydrogen-bond acceptors (Lipinski definition) is 3. The Morgan fingerprint density at radius 3 is 3.06 bits per heavy atom. The van der Waals surface area contributed by atoms with E-state index in [-0.39, 0.29) is 23.9 Å². The van der Waals surface area contributed by atoms with Crippen LogP contribution in [0, 0.1) is 0 Å². The predicted molar refractivity (Wildman–Crippen MR) is 68.3 cm³/mol. The Morgan fingerprint density at radius 1 is 1.39 bits per heavy atom. The maximum absolute atomic E-state index is 11.9. The van der Waals surface area contributed by atoms with Gasteiger partial charge in [-0.05, 0) is 31.0 Å². The average molecular weight is 267 g/mol. The van der Waals surface area contributed by atoms with E-state index in [9.17, 15) is 9.90 Å². The number of phenolic OH excluding ortho intramolecular Hbond substituents is 1. The van der Waals surface area contributed by atoms with Gasteiger partial charge < -0.3 is 10.4 Å². The molecule has 2 aliphatic rings. The molecular formula is C13H15ClN2O2. The molecule has 2 fully saturated rings. The van der Waals surface area contributed by atoms with Crippen LogP contribution < -0.4 is 5.32 Å². The van der Waals surface area contributed by atoms with Crippen molar-refractivity contribution in [3.05, 3.63) is 28.8 Å². The Bertz CT molecular complexity index is 492. The van der Waals surface area contributed by atoms with E-state index in [0.717, 1.165) is 25.8 Å². The van der Waals surface area contributed by atoms with Crippen LogP contribution in [0.1, 0.15) is 31.0 Å². The summed E-state index contributed by atoms with van der Waals surface area (Å²) in [5.74, 6) is 0.231. The zero-order valence-corrected chi connectivity index (χ0v) is 10.7. The van der Waals surface area contributed by atoms with Gasteiger partial charge in [0.2, 0.25) is 5.91 Å². The van der Waals surface area contributed by atoms with E-state index in [1.54, 1.807) is 18.2 Å². The van der Waals surface area contributed by atoms with Crippen molar-refractivity contribution in [2.75, 3.05) is 6.54 Å². The van der Waals surface area contributed by atoms with Gasteiger partial charge in [0.05, 0.1) is 6.04 Å². The standard InChI is InChI=1S/C13H15ClN2O2/c14-8-4-5-11(17)9(7-8)12-15-13(18)10-3-1-2-6-16(10)12/h4-5,7,10,12,17H,1-3,6H2,(H,15,18). The van der Waals surface area contributed by atoms with Crippen LogP contribution in [0.4, 0.5) is 0 Å². The van der Waals surface area contributed by atoms with Crippen LogP contribution in [-0.2, 0) is 4.79 Å². The van der Waals surface area contributed by atoms with Gasteiger partial charge in [-0.2, -0.15) is 0 Å². The molecule has 3 rings (SSSR count). The van der Waals surface area contributed by atoms with Gasteiger partial charge in [-0.1, -0.05) is 18.0 Å². The van der Waals surface area contributed by atoms with Gasteiger partial charge in [0.25, 0.3) is 0 Å². The highest BCUT2D eigenvalue weighted by Crippen LogP contribution is 2.36. The minimum absolute atomic E-state index is 0.0536. The first kappa shape index (κ1) is 11.8. The predicted octanol–water partition coefficient (Wildman–Crippen LogP) is 2.03. The Kier molecular flexibility index (Phi) is 2.92. The minimum Gasteiger partial charge on any atom is -0.508 e. The topological polar surface area (TPSA) is 52.6 Å². The highest BCUT2D eigenvalue weighted by Gasteiger charge is 2.42. The van der Waals surface area contributed by atoms with E-state index in [1.807, 2.05) is 0 Å². The number of amides is 1. The van der Waals surface area contributed by atoms with Crippen molar-refractivity contribution in [3.8, 4) is 5.75 Å². The third-order valence-electron chi connectivity index (χ3n) is 3.74. The molecule has 0 saturated carbocycles. The summed E-state index contributed by atoms with van der Waals surface area (Å²) < 4.78 is 0. The molecule has 1 aromatic rings. The third-order valence-corrected chi connectivity index (χ3v) is 3.98. The maximum atomic E-state index is 11.9. The summed E-state index contributed by atoms with van der Waals surface area (Å²) in [6.45, 7) is 0.875. The fourth-order valence-corrected chi connectivity index (χ4v) is 3.04. The first-order valence-electron chi connectivity index (χ1n) is 6.21. The maximum Gasteiger partial charge on any atom is 0.238 e. The van der Waals surface area contributed by atoms with Crippen LogP contribution in [0.5, 0.6) is 5.75 Å². The molecule has 4 nitrogen and oxygen atoms in total. The number of benzene rings is 1. The summed E-state index contributed by atoms with van der Waals surface area (Å²) in [4.78, 5) is 14.0. The van der Waals surface area contributed by atoms with Gasteiger partial charge in [-0.25, -0.2) is 0 Å². The Morgan fingerprint density at radius 2 is 2.22 bits per heavy atom. The Balaban J connectivity index is 1.96. The fourth-order valence-electron chi connectivity index (χ4n) is 2.86. The van der Waals surface area contributed by atoms with Gasteiger partial charge in [-0.15, -0.1) is 0 Å². The molecular weight excluding hydrogens is 252 g/mol. The summed E-state index contributed by atoms with van der Waals surface area (Å²) in [5.41, 5.74) is 0.681. The largest absolute Gasteiger partial charge is 0.508 e. The van der Waals surface area contributed by atoms with Crippen molar-refractivity contribution < 1.29 is 9.90 Å². The fraction of sp³-hybridized carbons (Fsp3) is 0.462. The monoisotopic (exact) mass is 266 g/mol. The van der Waals surface area contributed by atoms with E-state index in [1.165, 1.54) is 0 Å². The molecule has 2 aliphatic heterocycles. The number of halogens is 1. The third kappa shape index (κ3) is 1.85. The van der Waals surface area contributed by atoms with Crippen molar-refractivity contribution in [1.29, 1.82) is 0 Å². The molecule has 5 heteroatoms. The van der Waals surface area contributed by atoms with Crippen LogP contribution in [-0.4, -0.2) is 28.5 Å². The van der Waals surface area contributed by atoms with Crippen LogP contribution in [0.15, 0.2) is 18.2 Å². The molecule has 96 valence electrons. The molecule has 2 unspecified atom stereocenters. The summed E-state index contributed by atoms with van der Waals surface area (Å²) in [7, 11) is 0. The highest BCUT2D eigenvalue weighted by molar-refractivity contribution is 6.30. The number of rotatable bonds is 1. The number of carbonyl (C=O) groups is 1. The Hall–Kier alpha value is -1.26. The van der Waals surface area contributed by atoms with Crippen LogP contribution >= 0.6 is 11.6 Å². The van der Waals surface area contributed by atoms with E-state index in [2.05, 4.69) is 10.2 Å². The van der Waals surface area contributed by atoms with Crippen molar-refractivity contribution in [3.63, 3.8) is 0 Å². The lowest BCUT2D eigenvalue weighted by molar-refractivity contribution is -0.122. The molecule has 18 heavy (non-hydrogen) atoms. The Labute approximate surface area is 111 Å². The molecule has 0 aromatic heterocycles. The van der Waals surface area contributed by atoms with E-state index in [0.29, 0.717) is 10.6 Å². The van der Waals surface area contributed by atoms with Gasteiger partial charge in [-0.3, -0.25) is 9.69 Å². The molecule has 1 amide bonds. The van der Waals surface area contributed by atoms with Crippen LogP contribution in [0.3, 0.4) is 0 Å². The minimum atomic E-state index is -0.249. The van der Waals surface area contributed by atoms with E-state index in [4.69, 9.17) is 11.6 Å². The number of hydrogen-bond donors (Lipinski definition) is 2. The molecule has 0 bridgehead atoms. The van der Waals surface area contributed by atoms with Crippen molar-refractivity contribution in [1.82, 2.24) is 10.2 Å². The first-order valence-corrected chi connectivity index (χ1v) is 6.59. The van der Waals surface area contributed by atoms with Crippen molar-refractivity contribution in [2.24, 2.45) is 0 Å². The van der Waals surface area contributed by atoms with E-state index < -0.39 is 0 Å². The quantitative estimate of drug-likeness (QED) is 0.818. The van der Waals surface area contributed by atoms with Crippen LogP contribution in [0.25, 0.3) is 0 Å². The number of fused-ring (bicyclic) bond motifs is 1. The molecule has 2 N–H and O–H groups in total. The van der Waals surface area contributed by atoms with Crippen molar-refractivity contribution in [2.45, 2.75) is 31.5 Å². The summed E-state index contributed by atoms with van der Waals surface area (Å²) >= 11 is 5.96. The summed E-state index contributed by atoms with van der Waals surface area (Å²) in [5, 5.41) is 13.5. The van der Waals surface area contributed by atoms with Gasteiger partial charge >= 0.3 is 0 Å². The second-order valence-electron chi connectivity index (χ2n) is 4.86. The number of carbonyl (C=O) groups excluding carboxylic acids is 1. The van der Waals surface area contributed by atoms with Crippen molar-refractivity contribution >= 4 is 17.5 Å². The second kappa shape index (κ2) is 4.44. The summed E-state index contributed by atoms with van der Waals surface area (Å²) in [6, 6.07) is 4.88. The number of nitrogens with zero attached hydrogens (tertiary/aromatic N) is 1. The number of piperidine rings is 1. The molecule has 1 aromatic carbocycles. The first-order chi connectivity index (χ1) is 8.66. The number of phenols is 1. The zero-order valence-electron chi connectivity index (χ0n) is 9.90. The molecule has 0 spiro atoms. The summed E-state index contributed by atoms with van der Waals surface area (Å²) in [6.07, 6.45) is 2.82.